The summed E-state index contributed by atoms with van der Waals surface area (Å²) >= 11 is 0. The summed E-state index contributed by atoms with van der Waals surface area (Å²) in [6.45, 7) is 11.4. The first-order valence-corrected chi connectivity index (χ1v) is 8.84. The Morgan fingerprint density at radius 3 is 2.96 bits per heavy atom. The highest BCUT2D eigenvalue weighted by atomic mass is 16.5. The third kappa shape index (κ3) is 3.96. The molecule has 1 aliphatic rings. The Bertz CT molecular complexity index is 690. The van der Waals surface area contributed by atoms with Crippen LogP contribution in [0.15, 0.2) is 24.4 Å². The van der Waals surface area contributed by atoms with Gasteiger partial charge < -0.3 is 10.1 Å². The van der Waals surface area contributed by atoms with Gasteiger partial charge in [0.15, 0.2) is 0 Å². The predicted molar refractivity (Wildman–Crippen MR) is 95.2 cm³/mol. The number of rotatable bonds is 7. The number of hydrogen-bond acceptors (Lipinski definition) is 4. The fourth-order valence-electron chi connectivity index (χ4n) is 2.88. The second-order valence-corrected chi connectivity index (χ2v) is 7.56. The standard InChI is InChI=1S/C19H28N4O/c1-14(2)12-20-19(3,4)18-13-23(22-21-18)9-7-15-5-6-17-16(11-15)8-10-24-17/h5-6,11,13-14,20H,7-10,12H2,1-4H3. The lowest BCUT2D eigenvalue weighted by molar-refractivity contribution is 0.357. The Hall–Kier alpha value is -1.88. The van der Waals surface area contributed by atoms with Gasteiger partial charge in [-0.3, -0.25) is 4.68 Å². The first kappa shape index (κ1) is 17.0. The van der Waals surface area contributed by atoms with Crippen molar-refractivity contribution in [2.24, 2.45) is 5.92 Å². The fourth-order valence-corrected chi connectivity index (χ4v) is 2.88. The largest absolute Gasteiger partial charge is 0.493 e. The summed E-state index contributed by atoms with van der Waals surface area (Å²) in [5, 5.41) is 12.2. The molecule has 0 bridgehead atoms. The zero-order chi connectivity index (χ0) is 17.2. The smallest absolute Gasteiger partial charge is 0.122 e. The number of ether oxygens (including phenoxy) is 1. The normalized spacial score (nSPS) is 14.0. The van der Waals surface area contributed by atoms with Crippen molar-refractivity contribution >= 4 is 0 Å². The molecule has 24 heavy (non-hydrogen) atoms. The van der Waals surface area contributed by atoms with Gasteiger partial charge in [0.1, 0.15) is 11.4 Å². The molecule has 1 aliphatic heterocycles. The number of benzene rings is 1. The molecule has 0 atom stereocenters. The van der Waals surface area contributed by atoms with Crippen molar-refractivity contribution in [3.05, 3.63) is 41.2 Å². The second-order valence-electron chi connectivity index (χ2n) is 7.56. The molecule has 1 N–H and O–H groups in total. The highest BCUT2D eigenvalue weighted by Crippen LogP contribution is 2.26. The summed E-state index contributed by atoms with van der Waals surface area (Å²) in [4.78, 5) is 0. The Kier molecular flexibility index (Phi) is 4.90. The molecule has 0 amide bonds. The third-order valence-corrected chi connectivity index (χ3v) is 4.51. The van der Waals surface area contributed by atoms with Crippen molar-refractivity contribution in [3.8, 4) is 5.75 Å². The summed E-state index contributed by atoms with van der Waals surface area (Å²) in [6.07, 6.45) is 4.03. The molecular formula is C19H28N4O. The molecule has 130 valence electrons. The number of aromatic nitrogens is 3. The predicted octanol–water partition coefficient (Wildman–Crippen LogP) is 2.94. The zero-order valence-corrected chi connectivity index (χ0v) is 15.2. The van der Waals surface area contributed by atoms with Crippen LogP contribution in [0, 0.1) is 5.92 Å². The first-order valence-electron chi connectivity index (χ1n) is 8.84. The highest BCUT2D eigenvalue weighted by molar-refractivity contribution is 5.39. The van der Waals surface area contributed by atoms with E-state index in [4.69, 9.17) is 4.74 Å². The Morgan fingerprint density at radius 1 is 1.33 bits per heavy atom. The van der Waals surface area contributed by atoms with Crippen molar-refractivity contribution in [1.82, 2.24) is 20.3 Å². The lowest BCUT2D eigenvalue weighted by atomic mass is 10.0. The van der Waals surface area contributed by atoms with E-state index in [9.17, 15) is 0 Å². The van der Waals surface area contributed by atoms with Gasteiger partial charge in [-0.25, -0.2) is 0 Å². The van der Waals surface area contributed by atoms with E-state index in [0.717, 1.165) is 44.0 Å². The van der Waals surface area contributed by atoms with Gasteiger partial charge in [0, 0.05) is 13.0 Å². The van der Waals surface area contributed by atoms with Gasteiger partial charge in [0.25, 0.3) is 0 Å². The van der Waals surface area contributed by atoms with Gasteiger partial charge in [0.2, 0.25) is 0 Å². The maximum absolute atomic E-state index is 5.56. The first-order chi connectivity index (χ1) is 11.4. The molecule has 0 radical (unpaired) electrons. The van der Waals surface area contributed by atoms with E-state index >= 15 is 0 Å². The molecule has 5 heteroatoms. The molecule has 5 nitrogen and oxygen atoms in total. The minimum absolute atomic E-state index is 0.159. The Labute approximate surface area is 144 Å². The lowest BCUT2D eigenvalue weighted by Crippen LogP contribution is -2.39. The molecule has 3 rings (SSSR count). The maximum atomic E-state index is 5.56. The van der Waals surface area contributed by atoms with Crippen LogP contribution in [-0.4, -0.2) is 28.1 Å². The molecule has 0 spiro atoms. The van der Waals surface area contributed by atoms with Crippen LogP contribution in [-0.2, 0) is 24.9 Å². The van der Waals surface area contributed by atoms with Gasteiger partial charge in [-0.15, -0.1) is 5.10 Å². The maximum Gasteiger partial charge on any atom is 0.122 e. The third-order valence-electron chi connectivity index (χ3n) is 4.51. The molecule has 1 aromatic carbocycles. The average Bonchev–Trinajstić information content (AvgIpc) is 3.20. The van der Waals surface area contributed by atoms with Crippen LogP contribution >= 0.6 is 0 Å². The molecule has 0 aliphatic carbocycles. The van der Waals surface area contributed by atoms with Crippen LogP contribution in [0.4, 0.5) is 0 Å². The molecule has 0 saturated carbocycles. The van der Waals surface area contributed by atoms with Gasteiger partial charge in [0.05, 0.1) is 18.3 Å². The van der Waals surface area contributed by atoms with Gasteiger partial charge in [-0.2, -0.15) is 0 Å². The van der Waals surface area contributed by atoms with Crippen LogP contribution in [0.25, 0.3) is 0 Å². The lowest BCUT2D eigenvalue weighted by Gasteiger charge is -2.24. The van der Waals surface area contributed by atoms with Crippen molar-refractivity contribution < 1.29 is 4.74 Å². The summed E-state index contributed by atoms with van der Waals surface area (Å²) in [5.74, 6) is 1.66. The molecule has 0 unspecified atom stereocenters. The van der Waals surface area contributed by atoms with Gasteiger partial charge in [-0.05, 0) is 49.9 Å². The van der Waals surface area contributed by atoms with Gasteiger partial charge in [-0.1, -0.05) is 31.2 Å². The summed E-state index contributed by atoms with van der Waals surface area (Å²) in [7, 11) is 0. The van der Waals surface area contributed by atoms with Crippen molar-refractivity contribution in [2.45, 2.75) is 52.6 Å². The van der Waals surface area contributed by atoms with Crippen LogP contribution in [0.5, 0.6) is 5.75 Å². The number of hydrogen-bond donors (Lipinski definition) is 1. The second kappa shape index (κ2) is 6.93. The number of aryl methyl sites for hydroxylation is 2. The van der Waals surface area contributed by atoms with Crippen LogP contribution in [0.3, 0.4) is 0 Å². The van der Waals surface area contributed by atoms with Crippen molar-refractivity contribution in [3.63, 3.8) is 0 Å². The monoisotopic (exact) mass is 328 g/mol. The quantitative estimate of drug-likeness (QED) is 0.849. The van der Waals surface area contributed by atoms with E-state index in [1.165, 1.54) is 11.1 Å². The highest BCUT2D eigenvalue weighted by Gasteiger charge is 2.23. The minimum Gasteiger partial charge on any atom is -0.493 e. The van der Waals surface area contributed by atoms with E-state index in [1.54, 1.807) is 0 Å². The van der Waals surface area contributed by atoms with Crippen molar-refractivity contribution in [2.75, 3.05) is 13.2 Å². The molecular weight excluding hydrogens is 300 g/mol. The summed E-state index contributed by atoms with van der Waals surface area (Å²) in [6, 6.07) is 6.49. The number of nitrogens with one attached hydrogen (secondary N) is 1. The zero-order valence-electron chi connectivity index (χ0n) is 15.2. The van der Waals surface area contributed by atoms with Crippen molar-refractivity contribution in [1.29, 1.82) is 0 Å². The molecule has 0 saturated heterocycles. The van der Waals surface area contributed by atoms with Gasteiger partial charge >= 0.3 is 0 Å². The topological polar surface area (TPSA) is 52.0 Å². The van der Waals surface area contributed by atoms with E-state index < -0.39 is 0 Å². The van der Waals surface area contributed by atoms with E-state index in [1.807, 2.05) is 4.68 Å². The molecule has 2 heterocycles. The van der Waals surface area contributed by atoms with Crippen LogP contribution in [0.1, 0.15) is 44.5 Å². The number of fused-ring (bicyclic) bond motifs is 1. The fraction of sp³-hybridized carbons (Fsp3) is 0.579. The summed E-state index contributed by atoms with van der Waals surface area (Å²) < 4.78 is 7.50. The SMILES string of the molecule is CC(C)CNC(C)(C)c1cn(CCc2ccc3c(c2)CCO3)nn1. The Balaban J connectivity index is 1.60. The Morgan fingerprint density at radius 2 is 2.17 bits per heavy atom. The van der Waals surface area contributed by atoms with E-state index in [-0.39, 0.29) is 5.54 Å². The minimum atomic E-state index is -0.159. The number of nitrogens with zero attached hydrogens (tertiary/aromatic N) is 3. The van der Waals surface area contributed by atoms with Crippen LogP contribution in [0.2, 0.25) is 0 Å². The van der Waals surface area contributed by atoms with Crippen LogP contribution < -0.4 is 10.1 Å². The summed E-state index contributed by atoms with van der Waals surface area (Å²) in [5.41, 5.74) is 3.48. The molecule has 0 fully saturated rings. The van der Waals surface area contributed by atoms with E-state index in [0.29, 0.717) is 5.92 Å². The molecule has 1 aromatic heterocycles. The molecule has 2 aromatic rings. The van der Waals surface area contributed by atoms with E-state index in [2.05, 4.69) is 67.7 Å². The average molecular weight is 328 g/mol.